The van der Waals surface area contributed by atoms with Crippen LogP contribution in [0.15, 0.2) is 11.1 Å². The first-order valence-electron chi connectivity index (χ1n) is 4.80. The second-order valence-corrected chi connectivity index (χ2v) is 4.42. The molecule has 0 aromatic rings. The Kier molecular flexibility index (Phi) is 5.15. The van der Waals surface area contributed by atoms with Gasteiger partial charge in [0.05, 0.1) is 0 Å². The molecule has 0 aromatic heterocycles. The topological polar surface area (TPSA) is 3.24 Å². The lowest BCUT2D eigenvalue weighted by molar-refractivity contribution is 0.349. The van der Waals surface area contributed by atoms with Gasteiger partial charge in [-0.3, -0.25) is 4.90 Å². The molecule has 13 heavy (non-hydrogen) atoms. The molecule has 0 aromatic carbocycles. The fourth-order valence-electron chi connectivity index (χ4n) is 1.83. The zero-order chi connectivity index (χ0) is 9.68. The van der Waals surface area contributed by atoms with Crippen molar-refractivity contribution in [2.24, 2.45) is 5.92 Å². The van der Waals surface area contributed by atoms with Crippen molar-refractivity contribution in [1.82, 2.24) is 4.90 Å². The third-order valence-electron chi connectivity index (χ3n) is 2.55. The molecule has 0 aliphatic carbocycles. The standard InChI is InChI=1S/C10H17Cl2N/c1-9(6-12)7-13-5-3-10(8-13)2-4-11/h6,10H,2-5,7-8H2,1H3. The van der Waals surface area contributed by atoms with Crippen LogP contribution in [0.2, 0.25) is 0 Å². The van der Waals surface area contributed by atoms with Gasteiger partial charge in [-0.2, -0.15) is 0 Å². The molecular weight excluding hydrogens is 205 g/mol. The molecule has 0 radical (unpaired) electrons. The Labute approximate surface area is 90.7 Å². The first-order valence-corrected chi connectivity index (χ1v) is 5.77. The van der Waals surface area contributed by atoms with Crippen LogP contribution < -0.4 is 0 Å². The Morgan fingerprint density at radius 2 is 2.38 bits per heavy atom. The van der Waals surface area contributed by atoms with Gasteiger partial charge in [-0.1, -0.05) is 11.6 Å². The normalized spacial score (nSPS) is 25.5. The number of halogens is 2. The van der Waals surface area contributed by atoms with Gasteiger partial charge in [0.15, 0.2) is 0 Å². The Morgan fingerprint density at radius 3 is 3.00 bits per heavy atom. The summed E-state index contributed by atoms with van der Waals surface area (Å²) in [5.74, 6) is 1.60. The molecule has 3 heteroatoms. The van der Waals surface area contributed by atoms with E-state index < -0.39 is 0 Å². The van der Waals surface area contributed by atoms with Gasteiger partial charge in [0.1, 0.15) is 0 Å². The number of hydrogen-bond acceptors (Lipinski definition) is 1. The van der Waals surface area contributed by atoms with Gasteiger partial charge in [-0.15, -0.1) is 11.6 Å². The highest BCUT2D eigenvalue weighted by Crippen LogP contribution is 2.20. The molecule has 1 rings (SSSR count). The van der Waals surface area contributed by atoms with Gasteiger partial charge in [0.25, 0.3) is 0 Å². The highest BCUT2D eigenvalue weighted by molar-refractivity contribution is 6.25. The van der Waals surface area contributed by atoms with Crippen molar-refractivity contribution in [2.75, 3.05) is 25.5 Å². The molecule has 1 unspecified atom stereocenters. The van der Waals surface area contributed by atoms with E-state index in [2.05, 4.69) is 11.8 Å². The SMILES string of the molecule is CC(=CCl)CN1CCC(CCCl)C1. The van der Waals surface area contributed by atoms with Crippen molar-refractivity contribution in [3.63, 3.8) is 0 Å². The van der Waals surface area contributed by atoms with E-state index in [0.29, 0.717) is 0 Å². The minimum absolute atomic E-state index is 0.794. The van der Waals surface area contributed by atoms with Gasteiger partial charge in [0.2, 0.25) is 0 Å². The van der Waals surface area contributed by atoms with Crippen molar-refractivity contribution in [3.05, 3.63) is 11.1 Å². The second-order valence-electron chi connectivity index (χ2n) is 3.82. The summed E-state index contributed by atoms with van der Waals surface area (Å²) in [7, 11) is 0. The summed E-state index contributed by atoms with van der Waals surface area (Å²) >= 11 is 11.3. The third kappa shape index (κ3) is 3.88. The van der Waals surface area contributed by atoms with Crippen LogP contribution in [0.5, 0.6) is 0 Å². The number of alkyl halides is 1. The quantitative estimate of drug-likeness (QED) is 0.660. The van der Waals surface area contributed by atoms with Gasteiger partial charge >= 0.3 is 0 Å². The molecule has 1 aliphatic rings. The van der Waals surface area contributed by atoms with Gasteiger partial charge in [0, 0.05) is 24.5 Å². The minimum Gasteiger partial charge on any atom is -0.299 e. The number of nitrogens with zero attached hydrogens (tertiary/aromatic N) is 1. The van der Waals surface area contributed by atoms with Crippen molar-refractivity contribution < 1.29 is 0 Å². The molecule has 1 saturated heterocycles. The van der Waals surface area contributed by atoms with Gasteiger partial charge in [-0.25, -0.2) is 0 Å². The zero-order valence-corrected chi connectivity index (χ0v) is 9.61. The zero-order valence-electron chi connectivity index (χ0n) is 8.10. The lowest BCUT2D eigenvalue weighted by Crippen LogP contribution is -2.22. The molecule has 0 bridgehead atoms. The first kappa shape index (κ1) is 11.4. The molecule has 76 valence electrons. The maximum atomic E-state index is 5.71. The van der Waals surface area contributed by atoms with Crippen LogP contribution >= 0.6 is 23.2 Å². The summed E-state index contributed by atoms with van der Waals surface area (Å²) in [6.45, 7) is 5.47. The van der Waals surface area contributed by atoms with E-state index in [1.807, 2.05) is 0 Å². The van der Waals surface area contributed by atoms with E-state index in [9.17, 15) is 0 Å². The molecule has 0 amide bonds. The van der Waals surface area contributed by atoms with E-state index in [1.54, 1.807) is 5.54 Å². The van der Waals surface area contributed by atoms with E-state index in [4.69, 9.17) is 23.2 Å². The predicted octanol–water partition coefficient (Wildman–Crippen LogP) is 3.08. The lowest BCUT2D eigenvalue weighted by Gasteiger charge is -2.15. The van der Waals surface area contributed by atoms with E-state index >= 15 is 0 Å². The number of hydrogen-bond donors (Lipinski definition) is 0. The third-order valence-corrected chi connectivity index (χ3v) is 3.14. The average Bonchev–Trinajstić information content (AvgIpc) is 2.53. The lowest BCUT2D eigenvalue weighted by atomic mass is 10.1. The number of likely N-dealkylation sites (tertiary alicyclic amines) is 1. The summed E-state index contributed by atoms with van der Waals surface area (Å²) in [4.78, 5) is 2.45. The van der Waals surface area contributed by atoms with E-state index in [-0.39, 0.29) is 0 Å². The Bertz CT molecular complexity index is 180. The highest BCUT2D eigenvalue weighted by atomic mass is 35.5. The Hall–Kier alpha value is 0.280. The summed E-state index contributed by atoms with van der Waals surface area (Å²) in [6, 6.07) is 0. The van der Waals surface area contributed by atoms with Crippen LogP contribution in [0.25, 0.3) is 0 Å². The molecule has 1 aliphatic heterocycles. The van der Waals surface area contributed by atoms with Crippen molar-refractivity contribution >= 4 is 23.2 Å². The van der Waals surface area contributed by atoms with Crippen LogP contribution in [0.1, 0.15) is 19.8 Å². The molecule has 1 heterocycles. The van der Waals surface area contributed by atoms with Gasteiger partial charge in [-0.05, 0) is 37.8 Å². The minimum atomic E-state index is 0.794. The monoisotopic (exact) mass is 221 g/mol. The summed E-state index contributed by atoms with van der Waals surface area (Å²) in [5.41, 5.74) is 2.92. The Morgan fingerprint density at radius 1 is 1.62 bits per heavy atom. The molecule has 0 N–H and O–H groups in total. The molecule has 0 spiro atoms. The predicted molar refractivity (Wildman–Crippen MR) is 59.5 cm³/mol. The van der Waals surface area contributed by atoms with E-state index in [0.717, 1.165) is 24.8 Å². The summed E-state index contributed by atoms with van der Waals surface area (Å²) in [6.07, 6.45) is 2.45. The average molecular weight is 222 g/mol. The molecule has 0 saturated carbocycles. The molecule has 1 atom stereocenters. The second kappa shape index (κ2) is 5.90. The van der Waals surface area contributed by atoms with Crippen molar-refractivity contribution in [2.45, 2.75) is 19.8 Å². The summed E-state index contributed by atoms with van der Waals surface area (Å²) < 4.78 is 0. The van der Waals surface area contributed by atoms with Crippen molar-refractivity contribution in [1.29, 1.82) is 0 Å². The van der Waals surface area contributed by atoms with Crippen LogP contribution in [-0.2, 0) is 0 Å². The first-order chi connectivity index (χ1) is 6.26. The van der Waals surface area contributed by atoms with Crippen LogP contribution in [0.4, 0.5) is 0 Å². The van der Waals surface area contributed by atoms with Crippen LogP contribution in [0, 0.1) is 5.92 Å². The Balaban J connectivity index is 2.25. The molecular formula is C10H17Cl2N. The van der Waals surface area contributed by atoms with Crippen molar-refractivity contribution in [3.8, 4) is 0 Å². The maximum absolute atomic E-state index is 5.71. The van der Waals surface area contributed by atoms with E-state index in [1.165, 1.54) is 25.1 Å². The van der Waals surface area contributed by atoms with Crippen LogP contribution in [0.3, 0.4) is 0 Å². The smallest absolute Gasteiger partial charge is 0.0226 e. The maximum Gasteiger partial charge on any atom is 0.0226 e. The van der Waals surface area contributed by atoms with Crippen LogP contribution in [-0.4, -0.2) is 30.4 Å². The van der Waals surface area contributed by atoms with Gasteiger partial charge < -0.3 is 0 Å². The summed E-state index contributed by atoms with van der Waals surface area (Å²) in [5, 5.41) is 0. The molecule has 1 nitrogen and oxygen atoms in total. The largest absolute Gasteiger partial charge is 0.299 e. The molecule has 1 fully saturated rings. The fourth-order valence-corrected chi connectivity index (χ4v) is 2.21. The fraction of sp³-hybridized carbons (Fsp3) is 0.800. The number of rotatable bonds is 4. The highest BCUT2D eigenvalue weighted by Gasteiger charge is 2.21.